The van der Waals surface area contributed by atoms with Gasteiger partial charge in [0.25, 0.3) is 0 Å². The van der Waals surface area contributed by atoms with Crippen molar-refractivity contribution >= 4 is 27.4 Å². The zero-order chi connectivity index (χ0) is 20.6. The van der Waals surface area contributed by atoms with Crippen molar-refractivity contribution in [3.8, 4) is 5.88 Å². The Bertz CT molecular complexity index is 833. The third-order valence-electron chi connectivity index (χ3n) is 6.44. The van der Waals surface area contributed by atoms with Crippen LogP contribution < -0.4 is 10.1 Å². The highest BCUT2D eigenvalue weighted by atomic mass is 35.5. The van der Waals surface area contributed by atoms with Crippen LogP contribution in [0.2, 0.25) is 5.15 Å². The second-order valence-corrected chi connectivity index (χ2v) is 11.1. The van der Waals surface area contributed by atoms with Gasteiger partial charge in [0.15, 0.2) is 9.84 Å². The Morgan fingerprint density at radius 1 is 1.31 bits per heavy atom. The molecule has 162 valence electrons. The van der Waals surface area contributed by atoms with Crippen LogP contribution in [0.4, 0.5) is 5.95 Å². The van der Waals surface area contributed by atoms with E-state index in [-0.39, 0.29) is 29.2 Å². The van der Waals surface area contributed by atoms with Gasteiger partial charge in [0.1, 0.15) is 11.3 Å². The number of nitrogens with zero attached hydrogens (tertiary/aromatic N) is 3. The Labute approximate surface area is 177 Å². The summed E-state index contributed by atoms with van der Waals surface area (Å²) in [4.78, 5) is 11.0. The molecule has 3 saturated heterocycles. The summed E-state index contributed by atoms with van der Waals surface area (Å²) >= 11 is 6.18. The molecule has 2 bridgehead atoms. The number of ether oxygens (including phenoxy) is 2. The molecule has 3 fully saturated rings. The highest BCUT2D eigenvalue weighted by Crippen LogP contribution is 2.37. The van der Waals surface area contributed by atoms with Gasteiger partial charge in [0, 0.05) is 36.4 Å². The number of hydrogen-bond donors (Lipinski definition) is 1. The average molecular weight is 445 g/mol. The first-order valence-electron chi connectivity index (χ1n) is 10.3. The summed E-state index contributed by atoms with van der Waals surface area (Å²) in [6, 6.07) is 2.07. The van der Waals surface area contributed by atoms with Crippen LogP contribution >= 0.6 is 11.6 Å². The first kappa shape index (κ1) is 21.1. The smallest absolute Gasteiger partial charge is 0.227 e. The molecule has 29 heavy (non-hydrogen) atoms. The summed E-state index contributed by atoms with van der Waals surface area (Å²) in [7, 11) is -1.03. The number of anilines is 1. The largest absolute Gasteiger partial charge is 0.472 e. The fourth-order valence-corrected chi connectivity index (χ4v) is 6.71. The predicted molar refractivity (Wildman–Crippen MR) is 111 cm³/mol. The lowest BCUT2D eigenvalue weighted by Gasteiger charge is -2.50. The predicted octanol–water partition coefficient (Wildman–Crippen LogP) is 2.14. The SMILES string of the molecule is CCS(=O)(=O)C1CCC2CC(Nc3nc(Cl)cc(O[C@H]4CCOC4)n3)CC1N2C. The third kappa shape index (κ3) is 4.62. The maximum absolute atomic E-state index is 12.6. The summed E-state index contributed by atoms with van der Waals surface area (Å²) in [6.45, 7) is 2.97. The van der Waals surface area contributed by atoms with E-state index in [4.69, 9.17) is 21.1 Å². The first-order valence-corrected chi connectivity index (χ1v) is 12.4. The van der Waals surface area contributed by atoms with Crippen LogP contribution in [-0.2, 0) is 14.6 Å². The Hall–Kier alpha value is -1.16. The van der Waals surface area contributed by atoms with Crippen molar-refractivity contribution in [2.24, 2.45) is 0 Å². The molecular weight excluding hydrogens is 416 g/mol. The number of fused-ring (bicyclic) bond motifs is 2. The number of hydrogen-bond acceptors (Lipinski definition) is 8. The fraction of sp³-hybridized carbons (Fsp3) is 0.789. The first-order chi connectivity index (χ1) is 13.9. The lowest BCUT2D eigenvalue weighted by atomic mass is 9.82. The van der Waals surface area contributed by atoms with E-state index in [1.807, 2.05) is 7.05 Å². The van der Waals surface area contributed by atoms with Crippen LogP contribution in [0.15, 0.2) is 6.07 Å². The molecule has 1 aromatic heterocycles. The van der Waals surface area contributed by atoms with Gasteiger partial charge in [-0.1, -0.05) is 18.5 Å². The van der Waals surface area contributed by atoms with Gasteiger partial charge in [0.05, 0.1) is 18.5 Å². The zero-order valence-corrected chi connectivity index (χ0v) is 18.5. The Morgan fingerprint density at radius 2 is 2.14 bits per heavy atom. The standard InChI is InChI=1S/C19H29ClN4O4S/c1-3-29(25,26)16-5-4-13-8-12(9-15(16)24(13)2)21-19-22-17(20)10-18(23-19)28-14-6-7-27-11-14/h10,12-16H,3-9,11H2,1-2H3,(H,21,22,23)/t12?,13?,14-,15?,16?/m0/s1. The van der Waals surface area contributed by atoms with E-state index in [0.29, 0.717) is 36.2 Å². The molecule has 4 unspecified atom stereocenters. The van der Waals surface area contributed by atoms with Gasteiger partial charge in [0.2, 0.25) is 11.8 Å². The maximum Gasteiger partial charge on any atom is 0.227 e. The molecule has 0 spiro atoms. The number of piperidine rings is 2. The Morgan fingerprint density at radius 3 is 2.86 bits per heavy atom. The lowest BCUT2D eigenvalue weighted by Crippen LogP contribution is -2.60. The minimum Gasteiger partial charge on any atom is -0.472 e. The summed E-state index contributed by atoms with van der Waals surface area (Å²) in [5.74, 6) is 1.05. The summed E-state index contributed by atoms with van der Waals surface area (Å²) in [6.07, 6.45) is 4.11. The number of halogens is 1. The molecule has 1 aromatic rings. The molecule has 3 aliphatic rings. The van der Waals surface area contributed by atoms with E-state index in [0.717, 1.165) is 32.1 Å². The van der Waals surface area contributed by atoms with Crippen molar-refractivity contribution in [1.82, 2.24) is 14.9 Å². The highest BCUT2D eigenvalue weighted by Gasteiger charge is 2.45. The van der Waals surface area contributed by atoms with Gasteiger partial charge in [-0.2, -0.15) is 4.98 Å². The van der Waals surface area contributed by atoms with E-state index in [1.54, 1.807) is 13.0 Å². The highest BCUT2D eigenvalue weighted by molar-refractivity contribution is 7.92. The normalized spacial score (nSPS) is 32.9. The quantitative estimate of drug-likeness (QED) is 0.667. The number of nitrogens with one attached hydrogen (secondary N) is 1. The molecule has 8 nitrogen and oxygen atoms in total. The monoisotopic (exact) mass is 444 g/mol. The van der Waals surface area contributed by atoms with E-state index in [1.165, 1.54) is 0 Å². The third-order valence-corrected chi connectivity index (χ3v) is 8.91. The second-order valence-electron chi connectivity index (χ2n) is 8.22. The molecule has 4 rings (SSSR count). The average Bonchev–Trinajstić information content (AvgIpc) is 3.15. The molecule has 1 N–H and O–H groups in total. The van der Waals surface area contributed by atoms with Crippen LogP contribution in [0.1, 0.15) is 39.0 Å². The van der Waals surface area contributed by atoms with E-state index in [2.05, 4.69) is 20.2 Å². The van der Waals surface area contributed by atoms with Crippen LogP contribution in [0.3, 0.4) is 0 Å². The fourth-order valence-electron chi connectivity index (χ4n) is 4.84. The van der Waals surface area contributed by atoms with Crippen molar-refractivity contribution in [2.45, 2.75) is 68.5 Å². The van der Waals surface area contributed by atoms with Crippen LogP contribution in [0.5, 0.6) is 5.88 Å². The van der Waals surface area contributed by atoms with Crippen LogP contribution in [-0.4, -0.2) is 78.8 Å². The van der Waals surface area contributed by atoms with Crippen LogP contribution in [0.25, 0.3) is 0 Å². The Kier molecular flexibility index (Phi) is 6.20. The lowest BCUT2D eigenvalue weighted by molar-refractivity contribution is 0.0633. The van der Waals surface area contributed by atoms with E-state index >= 15 is 0 Å². The zero-order valence-electron chi connectivity index (χ0n) is 16.9. The molecule has 0 amide bonds. The molecular formula is C19H29ClN4O4S. The van der Waals surface area contributed by atoms with Crippen molar-refractivity contribution in [1.29, 1.82) is 0 Å². The summed E-state index contributed by atoms with van der Waals surface area (Å²) < 4.78 is 36.4. The summed E-state index contributed by atoms with van der Waals surface area (Å²) in [5, 5.41) is 3.40. The minimum atomic E-state index is -3.08. The number of sulfone groups is 1. The minimum absolute atomic E-state index is 0.00971. The van der Waals surface area contributed by atoms with Gasteiger partial charge >= 0.3 is 0 Å². The van der Waals surface area contributed by atoms with Gasteiger partial charge < -0.3 is 14.8 Å². The summed E-state index contributed by atoms with van der Waals surface area (Å²) in [5.41, 5.74) is 0. The van der Waals surface area contributed by atoms with E-state index in [9.17, 15) is 8.42 Å². The topological polar surface area (TPSA) is 93.7 Å². The second kappa shape index (κ2) is 8.53. The molecule has 3 aliphatic heterocycles. The molecule has 5 atom stereocenters. The van der Waals surface area contributed by atoms with E-state index < -0.39 is 9.84 Å². The van der Waals surface area contributed by atoms with Crippen molar-refractivity contribution in [3.05, 3.63) is 11.2 Å². The molecule has 0 saturated carbocycles. The van der Waals surface area contributed by atoms with Crippen LogP contribution in [0, 0.1) is 0 Å². The van der Waals surface area contributed by atoms with Crippen molar-refractivity contribution < 1.29 is 17.9 Å². The van der Waals surface area contributed by atoms with Crippen molar-refractivity contribution in [2.75, 3.05) is 31.3 Å². The van der Waals surface area contributed by atoms with Gasteiger partial charge in [-0.3, -0.25) is 4.90 Å². The maximum atomic E-state index is 12.6. The molecule has 10 heteroatoms. The molecule has 0 aromatic carbocycles. The number of rotatable bonds is 6. The Balaban J connectivity index is 1.48. The van der Waals surface area contributed by atoms with Gasteiger partial charge in [-0.15, -0.1) is 0 Å². The van der Waals surface area contributed by atoms with Gasteiger partial charge in [-0.05, 0) is 32.7 Å². The van der Waals surface area contributed by atoms with Gasteiger partial charge in [-0.25, -0.2) is 13.4 Å². The molecule has 0 radical (unpaired) electrons. The molecule has 4 heterocycles. The number of aromatic nitrogens is 2. The molecule has 0 aliphatic carbocycles. The van der Waals surface area contributed by atoms with Crippen molar-refractivity contribution in [3.63, 3.8) is 0 Å².